The Labute approximate surface area is 179 Å². The van der Waals surface area contributed by atoms with E-state index in [-0.39, 0.29) is 17.2 Å². The number of benzene rings is 1. The van der Waals surface area contributed by atoms with E-state index in [1.54, 1.807) is 31.2 Å². The van der Waals surface area contributed by atoms with Crippen molar-refractivity contribution in [1.82, 2.24) is 14.8 Å². The summed E-state index contributed by atoms with van der Waals surface area (Å²) < 4.78 is 1.41. The van der Waals surface area contributed by atoms with Gasteiger partial charge in [0.1, 0.15) is 4.88 Å². The lowest BCUT2D eigenvalue weighted by molar-refractivity contribution is 0.101. The molecule has 0 atom stereocenters. The molecule has 0 bridgehead atoms. The Morgan fingerprint density at radius 3 is 2.67 bits per heavy atom. The molecule has 0 aliphatic carbocycles. The van der Waals surface area contributed by atoms with Crippen molar-refractivity contribution in [2.75, 3.05) is 5.32 Å². The molecule has 0 saturated carbocycles. The van der Waals surface area contributed by atoms with Crippen LogP contribution < -0.4 is 10.9 Å². The molecule has 30 heavy (non-hydrogen) atoms. The number of hydrogen-bond donors (Lipinski definition) is 2. The van der Waals surface area contributed by atoms with Crippen LogP contribution in [0.5, 0.6) is 0 Å². The van der Waals surface area contributed by atoms with Gasteiger partial charge in [-0.05, 0) is 51.7 Å². The summed E-state index contributed by atoms with van der Waals surface area (Å²) in [4.78, 5) is 42.0. The largest absolute Gasteiger partial charge is 0.321 e. The quantitative estimate of drug-likeness (QED) is 0.551. The molecule has 0 fully saturated rings. The van der Waals surface area contributed by atoms with Crippen molar-refractivity contribution in [1.29, 1.82) is 0 Å². The van der Waals surface area contributed by atoms with Gasteiger partial charge in [0, 0.05) is 22.5 Å². The molecular formula is C22H26N4O3S. The Hall–Kier alpha value is -3.00. The molecule has 0 aliphatic heterocycles. The summed E-state index contributed by atoms with van der Waals surface area (Å²) in [6.45, 7) is 9.35. The molecule has 7 nitrogen and oxygen atoms in total. The van der Waals surface area contributed by atoms with Crippen LogP contribution in [0.3, 0.4) is 0 Å². The molecule has 2 N–H and O–H groups in total. The first-order chi connectivity index (χ1) is 14.2. The fourth-order valence-corrected chi connectivity index (χ4v) is 4.06. The average Bonchev–Trinajstić information content (AvgIpc) is 3.19. The zero-order valence-corrected chi connectivity index (χ0v) is 18.6. The highest BCUT2D eigenvalue weighted by Crippen LogP contribution is 2.23. The Morgan fingerprint density at radius 2 is 2.00 bits per heavy atom. The summed E-state index contributed by atoms with van der Waals surface area (Å²) in [5.41, 5.74) is 3.05. The maximum atomic E-state index is 12.9. The fourth-order valence-electron chi connectivity index (χ4n) is 3.14. The molecule has 3 rings (SSSR count). The van der Waals surface area contributed by atoms with Gasteiger partial charge < -0.3 is 5.32 Å². The molecule has 2 heterocycles. The van der Waals surface area contributed by atoms with E-state index in [0.29, 0.717) is 39.3 Å². The number of ketones is 1. The van der Waals surface area contributed by atoms with Crippen LogP contribution in [0, 0.1) is 19.8 Å². The number of aryl methyl sites for hydroxylation is 2. The Balaban J connectivity index is 1.86. The smallest absolute Gasteiger partial charge is 0.276 e. The number of aromatic amines is 1. The maximum Gasteiger partial charge on any atom is 0.276 e. The van der Waals surface area contributed by atoms with Gasteiger partial charge in [-0.25, -0.2) is 4.98 Å². The highest BCUT2D eigenvalue weighted by molar-refractivity contribution is 7.16. The minimum Gasteiger partial charge on any atom is -0.321 e. The number of rotatable bonds is 7. The number of amides is 1. The second-order valence-electron chi connectivity index (χ2n) is 7.79. The SMILES string of the molecule is CC(=O)c1cccc(NC(=O)c2sc(-n3[nH]c(C)c(CCC(C)C)c3=O)nc2C)c1. The van der Waals surface area contributed by atoms with Gasteiger partial charge in [-0.2, -0.15) is 4.68 Å². The Kier molecular flexibility index (Phi) is 6.36. The molecule has 1 aromatic carbocycles. The number of nitrogens with one attached hydrogen (secondary N) is 2. The van der Waals surface area contributed by atoms with Crippen molar-refractivity contribution in [3.63, 3.8) is 0 Å². The van der Waals surface area contributed by atoms with Gasteiger partial charge in [0.15, 0.2) is 5.78 Å². The zero-order chi connectivity index (χ0) is 22.0. The van der Waals surface area contributed by atoms with E-state index in [1.807, 2.05) is 6.92 Å². The summed E-state index contributed by atoms with van der Waals surface area (Å²) in [6, 6.07) is 6.78. The van der Waals surface area contributed by atoms with Crippen LogP contribution in [0.4, 0.5) is 5.69 Å². The summed E-state index contributed by atoms with van der Waals surface area (Å²) in [5.74, 6) is 0.108. The average molecular weight is 427 g/mol. The number of aromatic nitrogens is 3. The number of H-pyrrole nitrogens is 1. The second kappa shape index (κ2) is 8.79. The number of carbonyl (C=O) groups excluding carboxylic acids is 2. The van der Waals surface area contributed by atoms with Crippen LogP contribution in [0.2, 0.25) is 0 Å². The van der Waals surface area contributed by atoms with Crippen molar-refractivity contribution in [3.05, 3.63) is 62.0 Å². The van der Waals surface area contributed by atoms with E-state index < -0.39 is 0 Å². The van der Waals surface area contributed by atoms with Gasteiger partial charge in [0.05, 0.1) is 5.69 Å². The monoisotopic (exact) mass is 426 g/mol. The molecule has 3 aromatic rings. The topological polar surface area (TPSA) is 96.9 Å². The number of anilines is 1. The lowest BCUT2D eigenvalue weighted by Gasteiger charge is -2.05. The standard InChI is InChI=1S/C22H26N4O3S/c1-12(2)9-10-18-13(3)25-26(21(18)29)22-23-14(4)19(30-22)20(28)24-17-8-6-7-16(11-17)15(5)27/h6-8,11-12,25H,9-10H2,1-5H3,(H,24,28). The van der Waals surface area contributed by atoms with Crippen LogP contribution in [-0.4, -0.2) is 26.5 Å². The third kappa shape index (κ3) is 4.59. The lowest BCUT2D eigenvalue weighted by atomic mass is 10.0. The Bertz CT molecular complexity index is 1150. The summed E-state index contributed by atoms with van der Waals surface area (Å²) in [7, 11) is 0. The number of nitrogens with zero attached hydrogens (tertiary/aromatic N) is 2. The lowest BCUT2D eigenvalue weighted by Crippen LogP contribution is -2.17. The van der Waals surface area contributed by atoms with Crippen molar-refractivity contribution >= 4 is 28.7 Å². The molecule has 0 radical (unpaired) electrons. The normalized spacial score (nSPS) is 11.1. The second-order valence-corrected chi connectivity index (χ2v) is 8.77. The first-order valence-corrected chi connectivity index (χ1v) is 10.7. The van der Waals surface area contributed by atoms with E-state index in [0.717, 1.165) is 29.0 Å². The number of carbonyl (C=O) groups is 2. The predicted molar refractivity (Wildman–Crippen MR) is 119 cm³/mol. The molecule has 0 unspecified atom stereocenters. The molecule has 8 heteroatoms. The van der Waals surface area contributed by atoms with Gasteiger partial charge in [0.2, 0.25) is 5.13 Å². The minimum atomic E-state index is -0.326. The molecule has 2 aromatic heterocycles. The van der Waals surface area contributed by atoms with Crippen LogP contribution >= 0.6 is 11.3 Å². The third-order valence-electron chi connectivity index (χ3n) is 4.87. The summed E-state index contributed by atoms with van der Waals surface area (Å²) in [5, 5.41) is 6.32. The fraction of sp³-hybridized carbons (Fsp3) is 0.364. The van der Waals surface area contributed by atoms with Crippen molar-refractivity contribution < 1.29 is 9.59 Å². The van der Waals surface area contributed by atoms with Crippen LogP contribution in [0.1, 0.15) is 64.2 Å². The van der Waals surface area contributed by atoms with Crippen LogP contribution in [0.25, 0.3) is 5.13 Å². The zero-order valence-electron chi connectivity index (χ0n) is 17.8. The Morgan fingerprint density at radius 1 is 1.27 bits per heavy atom. The van der Waals surface area contributed by atoms with Gasteiger partial charge in [0.25, 0.3) is 11.5 Å². The minimum absolute atomic E-state index is 0.0721. The highest BCUT2D eigenvalue weighted by atomic mass is 32.1. The van der Waals surface area contributed by atoms with Gasteiger partial charge in [-0.1, -0.05) is 37.3 Å². The molecular weight excluding hydrogens is 400 g/mol. The third-order valence-corrected chi connectivity index (χ3v) is 6.02. The molecule has 0 spiro atoms. The van der Waals surface area contributed by atoms with Crippen molar-refractivity contribution in [2.24, 2.45) is 5.92 Å². The van der Waals surface area contributed by atoms with E-state index in [1.165, 1.54) is 11.6 Å². The molecule has 0 aliphatic rings. The number of Topliss-reactive ketones (excluding diaryl/α,β-unsaturated/α-hetero) is 1. The van der Waals surface area contributed by atoms with Gasteiger partial charge >= 0.3 is 0 Å². The first-order valence-electron chi connectivity index (χ1n) is 9.88. The van der Waals surface area contributed by atoms with Gasteiger partial charge in [-0.15, -0.1) is 0 Å². The van der Waals surface area contributed by atoms with Gasteiger partial charge in [-0.3, -0.25) is 19.5 Å². The predicted octanol–water partition coefficient (Wildman–Crippen LogP) is 4.28. The highest BCUT2D eigenvalue weighted by Gasteiger charge is 2.20. The summed E-state index contributed by atoms with van der Waals surface area (Å²) >= 11 is 1.15. The van der Waals surface area contributed by atoms with Crippen molar-refractivity contribution in [3.8, 4) is 5.13 Å². The molecule has 0 saturated heterocycles. The maximum absolute atomic E-state index is 12.9. The van der Waals surface area contributed by atoms with Crippen molar-refractivity contribution in [2.45, 2.75) is 47.5 Å². The van der Waals surface area contributed by atoms with E-state index in [4.69, 9.17) is 0 Å². The molecule has 158 valence electrons. The first kappa shape index (κ1) is 21.7. The van der Waals surface area contributed by atoms with Crippen LogP contribution in [-0.2, 0) is 6.42 Å². The van der Waals surface area contributed by atoms with E-state index in [9.17, 15) is 14.4 Å². The number of thiazole rings is 1. The van der Waals surface area contributed by atoms with E-state index in [2.05, 4.69) is 29.2 Å². The van der Waals surface area contributed by atoms with E-state index >= 15 is 0 Å². The summed E-state index contributed by atoms with van der Waals surface area (Å²) in [6.07, 6.45) is 1.63. The number of hydrogen-bond acceptors (Lipinski definition) is 5. The van der Waals surface area contributed by atoms with Crippen LogP contribution in [0.15, 0.2) is 29.1 Å². The molecule has 1 amide bonds.